The van der Waals surface area contributed by atoms with Gasteiger partial charge in [0.25, 0.3) is 11.8 Å². The Morgan fingerprint density at radius 3 is 2.45 bits per heavy atom. The largest absolute Gasteiger partial charge is 0.397 e. The monoisotopic (exact) mass is 414 g/mol. The van der Waals surface area contributed by atoms with Crippen molar-refractivity contribution in [3.8, 4) is 0 Å². The van der Waals surface area contributed by atoms with Crippen molar-refractivity contribution in [1.82, 2.24) is 10.3 Å². The predicted molar refractivity (Wildman–Crippen MR) is 125 cm³/mol. The lowest BCUT2D eigenvalue weighted by molar-refractivity contribution is -0.110. The number of aromatic amines is 1. The third-order valence-corrected chi connectivity index (χ3v) is 5.81. The first-order chi connectivity index (χ1) is 14.7. The van der Waals surface area contributed by atoms with Crippen molar-refractivity contribution in [2.45, 2.75) is 33.2 Å². The molecule has 0 saturated heterocycles. The van der Waals surface area contributed by atoms with Gasteiger partial charge in [-0.05, 0) is 63.1 Å². The molecule has 1 aliphatic heterocycles. The number of fused-ring (bicyclic) bond motifs is 1. The highest BCUT2D eigenvalue weighted by Gasteiger charge is 2.28. The van der Waals surface area contributed by atoms with Crippen molar-refractivity contribution < 1.29 is 9.59 Å². The van der Waals surface area contributed by atoms with Crippen LogP contribution < -0.4 is 16.4 Å². The predicted octanol–water partition coefficient (Wildman–Crippen LogP) is 4.37. The number of nitrogen functional groups attached to an aromatic ring is 1. The second-order valence-corrected chi connectivity index (χ2v) is 8.42. The van der Waals surface area contributed by atoms with Gasteiger partial charge in [-0.3, -0.25) is 9.59 Å². The molecule has 0 aliphatic carbocycles. The van der Waals surface area contributed by atoms with E-state index in [2.05, 4.69) is 15.6 Å². The quantitative estimate of drug-likeness (QED) is 0.477. The molecule has 3 aromatic rings. The Morgan fingerprint density at radius 2 is 1.81 bits per heavy atom. The number of amides is 2. The Hall–Kier alpha value is -3.80. The molecule has 5 N–H and O–H groups in total. The van der Waals surface area contributed by atoms with Crippen LogP contribution in [0.1, 0.15) is 52.3 Å². The number of nitrogens with one attached hydrogen (secondary N) is 3. The number of hydrogen-bond donors (Lipinski definition) is 4. The number of benzene rings is 2. The van der Waals surface area contributed by atoms with E-state index >= 15 is 0 Å². The maximum atomic E-state index is 13.0. The zero-order valence-corrected chi connectivity index (χ0v) is 18.1. The normalized spacial score (nSPS) is 14.5. The maximum absolute atomic E-state index is 13.0. The third kappa shape index (κ3) is 3.72. The minimum absolute atomic E-state index is 0.202. The Balaban J connectivity index is 1.67. The zero-order valence-electron chi connectivity index (χ0n) is 18.1. The van der Waals surface area contributed by atoms with Crippen LogP contribution in [0.5, 0.6) is 0 Å². The summed E-state index contributed by atoms with van der Waals surface area (Å²) in [6, 6.07) is 15.1. The Labute approximate surface area is 181 Å². The highest BCUT2D eigenvalue weighted by molar-refractivity contribution is 6.35. The van der Waals surface area contributed by atoms with Gasteiger partial charge in [-0.1, -0.05) is 30.3 Å². The molecule has 0 atom stereocenters. The summed E-state index contributed by atoms with van der Waals surface area (Å²) in [5, 5.41) is 5.95. The molecule has 0 saturated carbocycles. The van der Waals surface area contributed by atoms with Crippen LogP contribution in [0.15, 0.2) is 48.5 Å². The van der Waals surface area contributed by atoms with E-state index in [1.807, 2.05) is 58.0 Å². The van der Waals surface area contributed by atoms with E-state index in [1.54, 1.807) is 24.3 Å². The van der Waals surface area contributed by atoms with Crippen LogP contribution in [0.25, 0.3) is 11.6 Å². The second-order valence-electron chi connectivity index (χ2n) is 8.42. The Morgan fingerprint density at radius 1 is 1.10 bits per heavy atom. The van der Waals surface area contributed by atoms with Gasteiger partial charge in [0.2, 0.25) is 0 Å². The number of carbonyl (C=O) groups excluding carboxylic acids is 2. The van der Waals surface area contributed by atoms with Crippen LogP contribution in [0.2, 0.25) is 0 Å². The molecule has 2 aromatic carbocycles. The number of rotatable bonds is 4. The lowest BCUT2D eigenvalue weighted by Gasteiger charge is -2.27. The van der Waals surface area contributed by atoms with Gasteiger partial charge in [-0.25, -0.2) is 0 Å². The van der Waals surface area contributed by atoms with Gasteiger partial charge in [0.15, 0.2) is 0 Å². The number of nitrogens with two attached hydrogens (primary N) is 1. The Kier molecular flexibility index (Phi) is 4.93. The van der Waals surface area contributed by atoms with Crippen LogP contribution in [-0.2, 0) is 10.3 Å². The molecule has 0 fully saturated rings. The number of carbonyl (C=O) groups is 2. The highest BCUT2D eigenvalue weighted by Crippen LogP contribution is 2.35. The molecule has 158 valence electrons. The standard InChI is InChI=1S/C25H26N4O2/c1-14-21(27-15(2)22(14)26)13-19-18-12-16(10-11-20(18)28-24(19)31)23(30)29-25(3,4)17-8-6-5-7-9-17/h5-13,27H,26H2,1-4H3,(H,28,31)(H,29,30). The number of aromatic nitrogens is 1. The molecule has 0 spiro atoms. The van der Waals surface area contributed by atoms with E-state index in [4.69, 9.17) is 5.73 Å². The average Bonchev–Trinajstić information content (AvgIpc) is 3.18. The molecule has 0 bridgehead atoms. The minimum Gasteiger partial charge on any atom is -0.397 e. The highest BCUT2D eigenvalue weighted by atomic mass is 16.2. The van der Waals surface area contributed by atoms with Gasteiger partial charge >= 0.3 is 0 Å². The summed E-state index contributed by atoms with van der Waals surface area (Å²) in [5.74, 6) is -0.408. The van der Waals surface area contributed by atoms with E-state index in [-0.39, 0.29) is 11.8 Å². The van der Waals surface area contributed by atoms with E-state index in [1.165, 1.54) is 0 Å². The van der Waals surface area contributed by atoms with Crippen LogP contribution >= 0.6 is 0 Å². The molecular weight excluding hydrogens is 388 g/mol. The fraction of sp³-hybridized carbons (Fsp3) is 0.200. The summed E-state index contributed by atoms with van der Waals surface area (Å²) >= 11 is 0. The summed E-state index contributed by atoms with van der Waals surface area (Å²) in [5.41, 5.74) is 12.1. The molecule has 2 heterocycles. The summed E-state index contributed by atoms with van der Waals surface area (Å²) in [4.78, 5) is 28.8. The van der Waals surface area contributed by atoms with Gasteiger partial charge in [0.05, 0.1) is 16.8 Å². The van der Waals surface area contributed by atoms with Crippen LogP contribution in [-0.4, -0.2) is 16.8 Å². The average molecular weight is 415 g/mol. The molecular formula is C25H26N4O2. The molecule has 0 unspecified atom stereocenters. The second kappa shape index (κ2) is 7.47. The van der Waals surface area contributed by atoms with Crippen molar-refractivity contribution in [3.05, 3.63) is 82.2 Å². The molecule has 31 heavy (non-hydrogen) atoms. The van der Waals surface area contributed by atoms with E-state index in [9.17, 15) is 9.59 Å². The van der Waals surface area contributed by atoms with Crippen molar-refractivity contribution in [1.29, 1.82) is 0 Å². The summed E-state index contributed by atoms with van der Waals surface area (Å²) < 4.78 is 0. The number of hydrogen-bond acceptors (Lipinski definition) is 3. The first kappa shape index (κ1) is 20.5. The number of anilines is 2. The van der Waals surface area contributed by atoms with Gasteiger partial charge in [-0.2, -0.15) is 0 Å². The zero-order chi connectivity index (χ0) is 22.3. The van der Waals surface area contributed by atoms with Gasteiger partial charge < -0.3 is 21.4 Å². The molecule has 1 aliphatic rings. The lowest BCUT2D eigenvalue weighted by atomic mass is 9.93. The molecule has 6 nitrogen and oxygen atoms in total. The first-order valence-electron chi connectivity index (χ1n) is 10.2. The first-order valence-corrected chi connectivity index (χ1v) is 10.2. The fourth-order valence-electron chi connectivity index (χ4n) is 3.83. The Bertz CT molecular complexity index is 1220. The SMILES string of the molecule is Cc1[nH]c(C=C2C(=O)Nc3ccc(C(=O)NC(C)(C)c4ccccc4)cc32)c(C)c1N. The van der Waals surface area contributed by atoms with Crippen molar-refractivity contribution in [2.24, 2.45) is 0 Å². The van der Waals surface area contributed by atoms with Crippen molar-refractivity contribution >= 4 is 34.8 Å². The van der Waals surface area contributed by atoms with Crippen LogP contribution in [0.3, 0.4) is 0 Å². The van der Waals surface area contributed by atoms with Crippen LogP contribution in [0.4, 0.5) is 11.4 Å². The molecule has 0 radical (unpaired) electrons. The number of aryl methyl sites for hydroxylation is 1. The van der Waals surface area contributed by atoms with Gasteiger partial charge in [-0.15, -0.1) is 0 Å². The maximum Gasteiger partial charge on any atom is 0.256 e. The van der Waals surface area contributed by atoms with E-state index in [0.717, 1.165) is 22.5 Å². The smallest absolute Gasteiger partial charge is 0.256 e. The van der Waals surface area contributed by atoms with Crippen molar-refractivity contribution in [2.75, 3.05) is 11.1 Å². The molecule has 2 amide bonds. The topological polar surface area (TPSA) is 100 Å². The third-order valence-electron chi connectivity index (χ3n) is 5.81. The van der Waals surface area contributed by atoms with Gasteiger partial charge in [0, 0.05) is 28.2 Å². The van der Waals surface area contributed by atoms with Crippen molar-refractivity contribution in [3.63, 3.8) is 0 Å². The summed E-state index contributed by atoms with van der Waals surface area (Å²) in [6.07, 6.45) is 1.79. The van der Waals surface area contributed by atoms with Crippen LogP contribution in [0, 0.1) is 13.8 Å². The lowest BCUT2D eigenvalue weighted by Crippen LogP contribution is -2.40. The summed E-state index contributed by atoms with van der Waals surface area (Å²) in [7, 11) is 0. The van der Waals surface area contributed by atoms with Gasteiger partial charge in [0.1, 0.15) is 0 Å². The fourth-order valence-corrected chi connectivity index (χ4v) is 3.83. The molecule has 4 rings (SSSR count). The molecule has 6 heteroatoms. The summed E-state index contributed by atoms with van der Waals surface area (Å²) in [6.45, 7) is 7.73. The number of H-pyrrole nitrogens is 1. The minimum atomic E-state index is -0.541. The molecule has 1 aromatic heterocycles. The van der Waals surface area contributed by atoms with E-state index < -0.39 is 5.54 Å². The van der Waals surface area contributed by atoms with E-state index in [0.29, 0.717) is 28.1 Å².